The molecule has 23 heavy (non-hydrogen) atoms. The lowest BCUT2D eigenvalue weighted by atomic mass is 10.2. The average molecular weight is 330 g/mol. The van der Waals surface area contributed by atoms with Gasteiger partial charge in [-0.05, 0) is 12.1 Å². The van der Waals surface area contributed by atoms with Crippen molar-refractivity contribution in [3.8, 4) is 10.6 Å². The molecule has 116 valence electrons. The van der Waals surface area contributed by atoms with Crippen LogP contribution in [0.4, 0.5) is 8.78 Å². The Balaban J connectivity index is 1.70. The van der Waals surface area contributed by atoms with Gasteiger partial charge in [0.05, 0.1) is 12.2 Å². The zero-order chi connectivity index (χ0) is 16.2. The van der Waals surface area contributed by atoms with Gasteiger partial charge in [-0.15, -0.1) is 11.3 Å². The van der Waals surface area contributed by atoms with E-state index < -0.39 is 23.1 Å². The minimum absolute atomic E-state index is 0.107. The quantitative estimate of drug-likeness (QED) is 0.785. The van der Waals surface area contributed by atoms with E-state index in [0.29, 0.717) is 5.69 Å². The Hall–Kier alpha value is -2.60. The normalized spacial score (nSPS) is 10.5. The summed E-state index contributed by atoms with van der Waals surface area (Å²) in [6.07, 6.45) is 0. The monoisotopic (exact) mass is 330 g/mol. The van der Waals surface area contributed by atoms with Crippen molar-refractivity contribution in [1.29, 1.82) is 0 Å². The standard InChI is InChI=1S/C17H12F2N2OS/c18-13-7-4-8-14(19)15(13)16(22)20-9-12-10-23-17(21-12)11-5-2-1-3-6-11/h1-8,10H,9H2,(H,20,22). The van der Waals surface area contributed by atoms with Crippen molar-refractivity contribution in [2.45, 2.75) is 6.54 Å². The number of benzene rings is 2. The first-order valence-corrected chi connectivity index (χ1v) is 7.75. The van der Waals surface area contributed by atoms with Crippen LogP contribution in [0.2, 0.25) is 0 Å². The number of hydrogen-bond donors (Lipinski definition) is 1. The highest BCUT2D eigenvalue weighted by molar-refractivity contribution is 7.13. The van der Waals surface area contributed by atoms with Crippen LogP contribution in [0.25, 0.3) is 10.6 Å². The maximum atomic E-state index is 13.5. The minimum atomic E-state index is -0.884. The molecule has 0 saturated carbocycles. The summed E-state index contributed by atoms with van der Waals surface area (Å²) in [7, 11) is 0. The van der Waals surface area contributed by atoms with Gasteiger partial charge in [-0.25, -0.2) is 13.8 Å². The van der Waals surface area contributed by atoms with E-state index in [9.17, 15) is 13.6 Å². The van der Waals surface area contributed by atoms with E-state index in [-0.39, 0.29) is 6.54 Å². The van der Waals surface area contributed by atoms with E-state index >= 15 is 0 Å². The van der Waals surface area contributed by atoms with Crippen molar-refractivity contribution < 1.29 is 13.6 Å². The number of thiazole rings is 1. The fourth-order valence-electron chi connectivity index (χ4n) is 2.08. The molecule has 1 N–H and O–H groups in total. The highest BCUT2D eigenvalue weighted by atomic mass is 32.1. The van der Waals surface area contributed by atoms with Crippen LogP contribution in [0, 0.1) is 11.6 Å². The SMILES string of the molecule is O=C(NCc1csc(-c2ccccc2)n1)c1c(F)cccc1F. The second-order valence-electron chi connectivity index (χ2n) is 4.79. The molecule has 0 aliphatic carbocycles. The molecule has 1 amide bonds. The Kier molecular flexibility index (Phi) is 4.43. The zero-order valence-corrected chi connectivity index (χ0v) is 12.7. The highest BCUT2D eigenvalue weighted by Crippen LogP contribution is 2.23. The summed E-state index contributed by atoms with van der Waals surface area (Å²) in [6, 6.07) is 12.9. The lowest BCUT2D eigenvalue weighted by molar-refractivity contribution is 0.0942. The van der Waals surface area contributed by atoms with E-state index in [1.807, 2.05) is 30.3 Å². The Bertz CT molecular complexity index is 813. The van der Waals surface area contributed by atoms with E-state index in [2.05, 4.69) is 10.3 Å². The molecule has 1 aromatic heterocycles. The van der Waals surface area contributed by atoms with Gasteiger partial charge in [-0.2, -0.15) is 0 Å². The van der Waals surface area contributed by atoms with Crippen LogP contribution in [0.5, 0.6) is 0 Å². The number of halogens is 2. The lowest BCUT2D eigenvalue weighted by Crippen LogP contribution is -2.25. The number of nitrogens with one attached hydrogen (secondary N) is 1. The molecule has 0 spiro atoms. The molecule has 3 rings (SSSR count). The molecule has 0 bridgehead atoms. The highest BCUT2D eigenvalue weighted by Gasteiger charge is 2.17. The van der Waals surface area contributed by atoms with Crippen LogP contribution in [0.3, 0.4) is 0 Å². The molecule has 2 aromatic carbocycles. The first-order chi connectivity index (χ1) is 11.1. The number of rotatable bonds is 4. The van der Waals surface area contributed by atoms with Crippen molar-refractivity contribution in [2.24, 2.45) is 0 Å². The number of carbonyl (C=O) groups excluding carboxylic acids is 1. The molecular weight excluding hydrogens is 318 g/mol. The van der Waals surface area contributed by atoms with Crippen molar-refractivity contribution in [3.63, 3.8) is 0 Å². The summed E-state index contributed by atoms with van der Waals surface area (Å²) in [4.78, 5) is 16.3. The predicted octanol–water partition coefficient (Wildman–Crippen LogP) is 4.02. The molecule has 0 aliphatic heterocycles. The van der Waals surface area contributed by atoms with Crippen LogP contribution in [0.1, 0.15) is 16.1 Å². The van der Waals surface area contributed by atoms with Gasteiger partial charge in [0.15, 0.2) is 0 Å². The Labute approximate surface area is 135 Å². The summed E-state index contributed by atoms with van der Waals surface area (Å²) >= 11 is 1.45. The maximum absolute atomic E-state index is 13.5. The van der Waals surface area contributed by atoms with Gasteiger partial charge in [0.25, 0.3) is 5.91 Å². The zero-order valence-electron chi connectivity index (χ0n) is 11.9. The van der Waals surface area contributed by atoms with E-state index in [1.54, 1.807) is 5.38 Å². The number of amides is 1. The van der Waals surface area contributed by atoms with Gasteiger partial charge in [-0.1, -0.05) is 36.4 Å². The fraction of sp³-hybridized carbons (Fsp3) is 0.0588. The van der Waals surface area contributed by atoms with Crippen LogP contribution in [0.15, 0.2) is 53.9 Å². The van der Waals surface area contributed by atoms with Crippen molar-refractivity contribution >= 4 is 17.2 Å². The van der Waals surface area contributed by atoms with Gasteiger partial charge < -0.3 is 5.32 Å². The third kappa shape index (κ3) is 3.43. The van der Waals surface area contributed by atoms with Gasteiger partial charge in [0.1, 0.15) is 22.2 Å². The third-order valence-corrected chi connectivity index (χ3v) is 4.13. The Morgan fingerprint density at radius 3 is 2.43 bits per heavy atom. The Morgan fingerprint density at radius 1 is 1.04 bits per heavy atom. The van der Waals surface area contributed by atoms with Crippen LogP contribution >= 0.6 is 11.3 Å². The second kappa shape index (κ2) is 6.66. The summed E-state index contributed by atoms with van der Waals surface area (Å²) < 4.78 is 27.1. The first kappa shape index (κ1) is 15.3. The summed E-state index contributed by atoms with van der Waals surface area (Å²) in [5, 5.41) is 5.12. The number of aromatic nitrogens is 1. The first-order valence-electron chi connectivity index (χ1n) is 6.87. The number of nitrogens with zero attached hydrogens (tertiary/aromatic N) is 1. The smallest absolute Gasteiger partial charge is 0.257 e. The number of hydrogen-bond acceptors (Lipinski definition) is 3. The van der Waals surface area contributed by atoms with Gasteiger partial charge >= 0.3 is 0 Å². The molecular formula is C17H12F2N2OS. The Morgan fingerprint density at radius 2 is 1.74 bits per heavy atom. The molecule has 0 unspecified atom stereocenters. The van der Waals surface area contributed by atoms with E-state index in [0.717, 1.165) is 22.7 Å². The summed E-state index contributed by atoms with van der Waals surface area (Å²) in [6.45, 7) is 0.107. The molecule has 6 heteroatoms. The number of carbonyl (C=O) groups is 1. The van der Waals surface area contributed by atoms with Gasteiger partial charge in [-0.3, -0.25) is 4.79 Å². The third-order valence-electron chi connectivity index (χ3n) is 3.19. The van der Waals surface area contributed by atoms with E-state index in [1.165, 1.54) is 17.4 Å². The van der Waals surface area contributed by atoms with Crippen molar-refractivity contribution in [1.82, 2.24) is 10.3 Å². The molecule has 3 nitrogen and oxygen atoms in total. The van der Waals surface area contributed by atoms with Crippen molar-refractivity contribution in [2.75, 3.05) is 0 Å². The summed E-state index contributed by atoms with van der Waals surface area (Å²) in [5.41, 5.74) is 1.04. The maximum Gasteiger partial charge on any atom is 0.257 e. The molecule has 0 radical (unpaired) electrons. The molecule has 0 atom stereocenters. The fourth-order valence-corrected chi connectivity index (χ4v) is 2.90. The van der Waals surface area contributed by atoms with Crippen molar-refractivity contribution in [3.05, 3.63) is 76.8 Å². The summed E-state index contributed by atoms with van der Waals surface area (Å²) in [5.74, 6) is -2.56. The topological polar surface area (TPSA) is 42.0 Å². The van der Waals surface area contributed by atoms with E-state index in [4.69, 9.17) is 0 Å². The molecule has 0 fully saturated rings. The van der Waals surface area contributed by atoms with Gasteiger partial charge in [0.2, 0.25) is 0 Å². The average Bonchev–Trinajstić information content (AvgIpc) is 3.02. The van der Waals surface area contributed by atoms with Crippen LogP contribution < -0.4 is 5.32 Å². The molecule has 0 aliphatic rings. The largest absolute Gasteiger partial charge is 0.346 e. The molecule has 3 aromatic rings. The molecule has 1 heterocycles. The van der Waals surface area contributed by atoms with Crippen LogP contribution in [-0.4, -0.2) is 10.9 Å². The van der Waals surface area contributed by atoms with Gasteiger partial charge in [0, 0.05) is 10.9 Å². The lowest BCUT2D eigenvalue weighted by Gasteiger charge is -2.05. The minimum Gasteiger partial charge on any atom is -0.346 e. The second-order valence-corrected chi connectivity index (χ2v) is 5.65. The molecule has 0 saturated heterocycles. The van der Waals surface area contributed by atoms with Crippen LogP contribution in [-0.2, 0) is 6.54 Å². The predicted molar refractivity (Wildman–Crippen MR) is 85.1 cm³/mol.